The number of aliphatic carboxylic acids is 1. The van der Waals surface area contributed by atoms with Crippen LogP contribution in [0.3, 0.4) is 0 Å². The summed E-state index contributed by atoms with van der Waals surface area (Å²) < 4.78 is 40.1. The van der Waals surface area contributed by atoms with E-state index >= 15 is 0 Å². The smallest absolute Gasteiger partial charge is 0.307 e. The van der Waals surface area contributed by atoms with Gasteiger partial charge in [-0.15, -0.1) is 0 Å². The number of carboxylic acids is 1. The third-order valence-corrected chi connectivity index (χ3v) is 6.49. The van der Waals surface area contributed by atoms with Gasteiger partial charge < -0.3 is 5.11 Å². The van der Waals surface area contributed by atoms with Crippen LogP contribution in [0.25, 0.3) is 0 Å². The van der Waals surface area contributed by atoms with E-state index in [9.17, 15) is 17.6 Å². The molecule has 138 valence electrons. The summed E-state index contributed by atoms with van der Waals surface area (Å²) in [4.78, 5) is 11.0. The van der Waals surface area contributed by atoms with Gasteiger partial charge in [0.25, 0.3) is 0 Å². The highest BCUT2D eigenvalue weighted by Gasteiger charge is 2.31. The van der Waals surface area contributed by atoms with Crippen molar-refractivity contribution in [1.29, 1.82) is 0 Å². The summed E-state index contributed by atoms with van der Waals surface area (Å²) in [7, 11) is -3.68. The molecular formula is C19H20FNO4S. The second kappa shape index (κ2) is 7.55. The molecule has 0 amide bonds. The predicted molar refractivity (Wildman–Crippen MR) is 94.9 cm³/mol. The zero-order valence-electron chi connectivity index (χ0n) is 14.1. The number of hydrogen-bond donors (Lipinski definition) is 1. The fraction of sp³-hybridized carbons (Fsp3) is 0.316. The van der Waals surface area contributed by atoms with Gasteiger partial charge in [0.2, 0.25) is 10.0 Å². The first-order chi connectivity index (χ1) is 12.4. The number of carbonyl (C=O) groups is 1. The molecule has 2 aromatic carbocycles. The van der Waals surface area contributed by atoms with Crippen LogP contribution in [0.4, 0.5) is 4.39 Å². The van der Waals surface area contributed by atoms with Crippen molar-refractivity contribution in [2.45, 2.75) is 30.1 Å². The molecule has 0 aliphatic carbocycles. The summed E-state index contributed by atoms with van der Waals surface area (Å²) in [6, 6.07) is 12.2. The fourth-order valence-corrected chi connectivity index (χ4v) is 4.84. The van der Waals surface area contributed by atoms with E-state index in [2.05, 4.69) is 0 Å². The summed E-state index contributed by atoms with van der Waals surface area (Å²) in [6.07, 6.45) is 1.50. The summed E-state index contributed by atoms with van der Waals surface area (Å²) >= 11 is 0. The summed E-state index contributed by atoms with van der Waals surface area (Å²) in [5, 5.41) is 8.95. The molecule has 3 rings (SSSR count). The van der Waals surface area contributed by atoms with Gasteiger partial charge in [0.15, 0.2) is 0 Å². The Balaban J connectivity index is 1.81. The summed E-state index contributed by atoms with van der Waals surface area (Å²) in [5.74, 6) is -1.37. The van der Waals surface area contributed by atoms with E-state index < -0.39 is 21.8 Å². The van der Waals surface area contributed by atoms with Crippen LogP contribution in [0, 0.1) is 5.82 Å². The zero-order valence-corrected chi connectivity index (χ0v) is 15.0. The lowest BCUT2D eigenvalue weighted by Crippen LogP contribution is -2.39. The van der Waals surface area contributed by atoms with E-state index in [4.69, 9.17) is 5.11 Å². The van der Waals surface area contributed by atoms with Crippen molar-refractivity contribution in [3.05, 3.63) is 65.5 Å². The number of nitrogens with zero attached hydrogens (tertiary/aromatic N) is 1. The number of hydrogen-bond acceptors (Lipinski definition) is 3. The molecule has 0 bridgehead atoms. The molecule has 1 saturated heterocycles. The molecule has 1 aliphatic heterocycles. The van der Waals surface area contributed by atoms with Gasteiger partial charge in [-0.1, -0.05) is 24.3 Å². The molecule has 26 heavy (non-hydrogen) atoms. The van der Waals surface area contributed by atoms with Gasteiger partial charge in [-0.05, 0) is 54.2 Å². The Bertz CT molecular complexity index is 896. The Labute approximate surface area is 152 Å². The normalized spacial score (nSPS) is 18.6. The van der Waals surface area contributed by atoms with E-state index in [-0.39, 0.29) is 17.2 Å². The Kier molecular flexibility index (Phi) is 5.38. The van der Waals surface area contributed by atoms with Crippen LogP contribution in [0.1, 0.15) is 29.9 Å². The molecule has 1 N–H and O–H groups in total. The van der Waals surface area contributed by atoms with Crippen molar-refractivity contribution in [2.75, 3.05) is 13.1 Å². The van der Waals surface area contributed by atoms with Crippen molar-refractivity contribution in [1.82, 2.24) is 4.31 Å². The lowest BCUT2D eigenvalue weighted by atomic mass is 9.90. The van der Waals surface area contributed by atoms with Gasteiger partial charge in [-0.3, -0.25) is 4.79 Å². The maximum atomic E-state index is 13.1. The quantitative estimate of drug-likeness (QED) is 0.869. The van der Waals surface area contributed by atoms with Crippen LogP contribution in [0.5, 0.6) is 0 Å². The Morgan fingerprint density at radius 1 is 1.19 bits per heavy atom. The van der Waals surface area contributed by atoms with Gasteiger partial charge >= 0.3 is 5.97 Å². The van der Waals surface area contributed by atoms with E-state index in [1.165, 1.54) is 16.4 Å². The Morgan fingerprint density at radius 3 is 2.62 bits per heavy atom. The molecule has 0 radical (unpaired) electrons. The second-order valence-electron chi connectivity index (χ2n) is 6.47. The van der Waals surface area contributed by atoms with Gasteiger partial charge in [0, 0.05) is 13.1 Å². The predicted octanol–water partition coefficient (Wildman–Crippen LogP) is 3.02. The van der Waals surface area contributed by atoms with Crippen molar-refractivity contribution >= 4 is 16.0 Å². The van der Waals surface area contributed by atoms with Crippen molar-refractivity contribution in [3.8, 4) is 0 Å². The molecule has 0 unspecified atom stereocenters. The van der Waals surface area contributed by atoms with E-state index in [1.807, 2.05) is 12.1 Å². The van der Waals surface area contributed by atoms with Crippen LogP contribution in [-0.2, 0) is 21.2 Å². The molecule has 1 heterocycles. The van der Waals surface area contributed by atoms with Crippen LogP contribution in [0.2, 0.25) is 0 Å². The number of rotatable bonds is 5. The SMILES string of the molecule is O=C(O)Cc1cccc([C@H]2CCCN(S(=O)(=O)c3ccc(F)cc3)C2)c1. The molecule has 1 atom stereocenters. The van der Waals surface area contributed by atoms with Crippen molar-refractivity contribution in [2.24, 2.45) is 0 Å². The maximum absolute atomic E-state index is 13.1. The van der Waals surface area contributed by atoms with E-state index in [0.717, 1.165) is 24.1 Å². The number of carboxylic acid groups (broad SMARTS) is 1. The van der Waals surface area contributed by atoms with E-state index in [0.29, 0.717) is 25.1 Å². The van der Waals surface area contributed by atoms with Gasteiger partial charge in [0.05, 0.1) is 11.3 Å². The first-order valence-corrected chi connectivity index (χ1v) is 9.86. The van der Waals surface area contributed by atoms with Gasteiger partial charge in [-0.2, -0.15) is 4.31 Å². The number of halogens is 1. The standard InChI is InChI=1S/C19H20FNO4S/c20-17-6-8-18(9-7-17)26(24,25)21-10-2-5-16(13-21)15-4-1-3-14(11-15)12-19(22)23/h1,3-4,6-9,11,16H,2,5,10,12-13H2,(H,22,23)/t16-/m0/s1. The minimum absolute atomic E-state index is 0.00715. The van der Waals surface area contributed by atoms with Crippen LogP contribution >= 0.6 is 0 Å². The van der Waals surface area contributed by atoms with Crippen LogP contribution in [0.15, 0.2) is 53.4 Å². The lowest BCUT2D eigenvalue weighted by Gasteiger charge is -2.32. The highest BCUT2D eigenvalue weighted by Crippen LogP contribution is 2.30. The number of benzene rings is 2. The minimum atomic E-state index is -3.68. The van der Waals surface area contributed by atoms with Crippen molar-refractivity contribution in [3.63, 3.8) is 0 Å². The molecule has 0 saturated carbocycles. The first-order valence-electron chi connectivity index (χ1n) is 8.42. The monoisotopic (exact) mass is 377 g/mol. The highest BCUT2D eigenvalue weighted by atomic mass is 32.2. The topological polar surface area (TPSA) is 74.7 Å². The minimum Gasteiger partial charge on any atom is -0.481 e. The van der Waals surface area contributed by atoms with Gasteiger partial charge in [0.1, 0.15) is 5.82 Å². The first kappa shape index (κ1) is 18.5. The molecular weight excluding hydrogens is 357 g/mol. The van der Waals surface area contributed by atoms with E-state index in [1.54, 1.807) is 12.1 Å². The molecule has 1 fully saturated rings. The molecule has 0 spiro atoms. The van der Waals surface area contributed by atoms with Gasteiger partial charge in [-0.25, -0.2) is 12.8 Å². The van der Waals surface area contributed by atoms with Crippen LogP contribution < -0.4 is 0 Å². The number of sulfonamides is 1. The molecule has 7 heteroatoms. The summed E-state index contributed by atoms with van der Waals surface area (Å²) in [6.45, 7) is 0.751. The van der Waals surface area contributed by atoms with Crippen LogP contribution in [-0.4, -0.2) is 36.9 Å². The highest BCUT2D eigenvalue weighted by molar-refractivity contribution is 7.89. The third kappa shape index (κ3) is 4.11. The van der Waals surface area contributed by atoms with Crippen molar-refractivity contribution < 1.29 is 22.7 Å². The Morgan fingerprint density at radius 2 is 1.92 bits per heavy atom. The lowest BCUT2D eigenvalue weighted by molar-refractivity contribution is -0.136. The summed E-state index contributed by atoms with van der Waals surface area (Å²) in [5.41, 5.74) is 1.65. The molecule has 5 nitrogen and oxygen atoms in total. The second-order valence-corrected chi connectivity index (χ2v) is 8.41. The molecule has 1 aliphatic rings. The number of piperidine rings is 1. The zero-order chi connectivity index (χ0) is 18.7. The fourth-order valence-electron chi connectivity index (χ4n) is 3.32. The average Bonchev–Trinajstić information content (AvgIpc) is 2.62. The largest absolute Gasteiger partial charge is 0.481 e. The Hall–Kier alpha value is -2.25. The molecule has 0 aromatic heterocycles. The third-order valence-electron chi connectivity index (χ3n) is 4.61. The molecule has 2 aromatic rings. The maximum Gasteiger partial charge on any atom is 0.307 e. The average molecular weight is 377 g/mol.